The molecule has 0 saturated heterocycles. The molecule has 0 saturated carbocycles. The third-order valence-corrected chi connectivity index (χ3v) is 4.89. The number of nitrogens with zero attached hydrogens (tertiary/aromatic N) is 2. The number of fused-ring (bicyclic) bond motifs is 1. The van der Waals surface area contributed by atoms with Crippen molar-refractivity contribution in [3.05, 3.63) is 54.1 Å². The molecule has 0 aliphatic rings. The highest BCUT2D eigenvalue weighted by Crippen LogP contribution is 2.28. The molecule has 1 aromatic heterocycles. The van der Waals surface area contributed by atoms with Gasteiger partial charge < -0.3 is 9.88 Å². The van der Waals surface area contributed by atoms with Crippen LogP contribution in [0.25, 0.3) is 11.0 Å². The van der Waals surface area contributed by atoms with Crippen molar-refractivity contribution < 1.29 is 13.6 Å². The summed E-state index contributed by atoms with van der Waals surface area (Å²) in [5, 5.41) is 2.45. The van der Waals surface area contributed by atoms with Gasteiger partial charge in [-0.3, -0.25) is 4.79 Å². The van der Waals surface area contributed by atoms with Gasteiger partial charge in [-0.25, -0.2) is 13.8 Å². The predicted molar refractivity (Wildman–Crippen MR) is 95.7 cm³/mol. The maximum absolute atomic E-state index is 13.7. The van der Waals surface area contributed by atoms with Crippen molar-refractivity contribution in [3.63, 3.8) is 0 Å². The molecular formula is C18H17F2N3OS. The zero-order valence-corrected chi connectivity index (χ0v) is 14.6. The van der Waals surface area contributed by atoms with Crippen LogP contribution in [0.15, 0.2) is 47.6 Å². The Morgan fingerprint density at radius 2 is 1.88 bits per heavy atom. The summed E-state index contributed by atoms with van der Waals surface area (Å²) in [6, 6.07) is 11.2. The average molecular weight is 361 g/mol. The molecule has 1 unspecified atom stereocenters. The fourth-order valence-corrected chi connectivity index (χ4v) is 3.49. The Hall–Kier alpha value is -2.41. The zero-order valence-electron chi connectivity index (χ0n) is 13.8. The Morgan fingerprint density at radius 1 is 1.20 bits per heavy atom. The first-order valence-electron chi connectivity index (χ1n) is 7.88. The molecule has 0 spiro atoms. The van der Waals surface area contributed by atoms with Crippen molar-refractivity contribution in [1.29, 1.82) is 0 Å². The highest BCUT2D eigenvalue weighted by Gasteiger charge is 2.21. The minimum absolute atomic E-state index is 0.427. The monoisotopic (exact) mass is 361 g/mol. The van der Waals surface area contributed by atoms with Crippen molar-refractivity contribution in [2.24, 2.45) is 0 Å². The number of amides is 1. The van der Waals surface area contributed by atoms with E-state index in [1.54, 1.807) is 6.92 Å². The Balaban J connectivity index is 1.80. The van der Waals surface area contributed by atoms with E-state index in [0.717, 1.165) is 23.2 Å². The van der Waals surface area contributed by atoms with Gasteiger partial charge in [-0.15, -0.1) is 0 Å². The SMILES string of the molecule is CCn1c(SC(C)C(=O)Nc2c(F)cccc2F)nc2ccccc21. The average Bonchev–Trinajstić information content (AvgIpc) is 2.95. The summed E-state index contributed by atoms with van der Waals surface area (Å²) < 4.78 is 29.4. The summed E-state index contributed by atoms with van der Waals surface area (Å²) in [4.78, 5) is 16.9. The first kappa shape index (κ1) is 17.4. The van der Waals surface area contributed by atoms with E-state index >= 15 is 0 Å². The number of imidazole rings is 1. The molecule has 1 amide bonds. The number of rotatable bonds is 5. The van der Waals surface area contributed by atoms with Crippen LogP contribution in [-0.4, -0.2) is 20.7 Å². The number of anilines is 1. The summed E-state index contributed by atoms with van der Waals surface area (Å²) in [5.41, 5.74) is 1.41. The zero-order chi connectivity index (χ0) is 18.0. The number of benzene rings is 2. The normalized spacial score (nSPS) is 12.3. The molecule has 3 aromatic rings. The van der Waals surface area contributed by atoms with E-state index < -0.39 is 28.5 Å². The van der Waals surface area contributed by atoms with Crippen molar-refractivity contribution in [2.45, 2.75) is 30.8 Å². The summed E-state index contributed by atoms with van der Waals surface area (Å²) in [7, 11) is 0. The molecular weight excluding hydrogens is 344 g/mol. The molecule has 1 N–H and O–H groups in total. The summed E-state index contributed by atoms with van der Waals surface area (Å²) >= 11 is 1.25. The van der Waals surface area contributed by atoms with Gasteiger partial charge in [-0.2, -0.15) is 0 Å². The van der Waals surface area contributed by atoms with Crippen LogP contribution in [0.5, 0.6) is 0 Å². The number of aromatic nitrogens is 2. The summed E-state index contributed by atoms with van der Waals surface area (Å²) in [5.74, 6) is -2.08. The van der Waals surface area contributed by atoms with Crippen LogP contribution in [0.4, 0.5) is 14.5 Å². The summed E-state index contributed by atoms with van der Waals surface area (Å²) in [6.07, 6.45) is 0. The molecule has 25 heavy (non-hydrogen) atoms. The second kappa shape index (κ2) is 7.23. The number of thioether (sulfide) groups is 1. The lowest BCUT2D eigenvalue weighted by atomic mass is 10.3. The van der Waals surface area contributed by atoms with Gasteiger partial charge in [0.05, 0.1) is 16.3 Å². The first-order valence-corrected chi connectivity index (χ1v) is 8.76. The van der Waals surface area contributed by atoms with E-state index in [0.29, 0.717) is 11.7 Å². The van der Waals surface area contributed by atoms with E-state index in [-0.39, 0.29) is 0 Å². The van der Waals surface area contributed by atoms with Gasteiger partial charge in [0, 0.05) is 6.54 Å². The second-order valence-corrected chi connectivity index (χ2v) is 6.78. The van der Waals surface area contributed by atoms with Crippen molar-refractivity contribution >= 4 is 34.4 Å². The molecule has 0 bridgehead atoms. The smallest absolute Gasteiger partial charge is 0.237 e. The third-order valence-electron chi connectivity index (χ3n) is 3.80. The number of hydrogen-bond acceptors (Lipinski definition) is 3. The van der Waals surface area contributed by atoms with Crippen LogP contribution in [-0.2, 0) is 11.3 Å². The molecule has 1 heterocycles. The van der Waals surface area contributed by atoms with Gasteiger partial charge in [0.2, 0.25) is 5.91 Å². The Bertz CT molecular complexity index is 906. The van der Waals surface area contributed by atoms with E-state index in [1.165, 1.54) is 17.8 Å². The molecule has 3 rings (SSSR count). The quantitative estimate of drug-likeness (QED) is 0.683. The molecule has 4 nitrogen and oxygen atoms in total. The molecule has 0 fully saturated rings. The Morgan fingerprint density at radius 3 is 2.56 bits per heavy atom. The number of aryl methyl sites for hydroxylation is 1. The van der Waals surface area contributed by atoms with Crippen LogP contribution in [0.2, 0.25) is 0 Å². The fraction of sp³-hybridized carbons (Fsp3) is 0.222. The van der Waals surface area contributed by atoms with E-state index in [9.17, 15) is 13.6 Å². The predicted octanol–water partition coefficient (Wildman–Crippen LogP) is 4.45. The minimum Gasteiger partial charge on any atom is -0.320 e. The third kappa shape index (κ3) is 3.51. The lowest BCUT2D eigenvalue weighted by Crippen LogP contribution is -2.24. The van der Waals surface area contributed by atoms with E-state index in [2.05, 4.69) is 10.3 Å². The molecule has 7 heteroatoms. The number of carbonyl (C=O) groups is 1. The molecule has 2 aromatic carbocycles. The van der Waals surface area contributed by atoms with Gasteiger partial charge in [0.25, 0.3) is 0 Å². The van der Waals surface area contributed by atoms with Gasteiger partial charge in [-0.05, 0) is 38.1 Å². The van der Waals surface area contributed by atoms with Crippen LogP contribution in [0.3, 0.4) is 0 Å². The number of halogens is 2. The number of para-hydroxylation sites is 3. The standard InChI is InChI=1S/C18H17F2N3OS/c1-3-23-15-10-5-4-9-14(15)21-18(23)25-11(2)17(24)22-16-12(19)7-6-8-13(16)20/h4-11H,3H2,1-2H3,(H,22,24). The van der Waals surface area contributed by atoms with Gasteiger partial charge in [-0.1, -0.05) is 30.0 Å². The second-order valence-electron chi connectivity index (χ2n) is 5.47. The molecule has 1 atom stereocenters. The summed E-state index contributed by atoms with van der Waals surface area (Å²) in [6.45, 7) is 4.38. The molecule has 0 aliphatic heterocycles. The lowest BCUT2D eigenvalue weighted by molar-refractivity contribution is -0.115. The van der Waals surface area contributed by atoms with Gasteiger partial charge >= 0.3 is 0 Å². The van der Waals surface area contributed by atoms with E-state index in [4.69, 9.17) is 0 Å². The Kier molecular flexibility index (Phi) is 5.03. The van der Waals surface area contributed by atoms with E-state index in [1.807, 2.05) is 35.8 Å². The van der Waals surface area contributed by atoms with Gasteiger partial charge in [0.1, 0.15) is 17.3 Å². The van der Waals surface area contributed by atoms with Crippen LogP contribution < -0.4 is 5.32 Å². The topological polar surface area (TPSA) is 46.9 Å². The largest absolute Gasteiger partial charge is 0.320 e. The highest BCUT2D eigenvalue weighted by atomic mass is 32.2. The molecule has 130 valence electrons. The maximum atomic E-state index is 13.7. The first-order chi connectivity index (χ1) is 12.0. The number of hydrogen-bond donors (Lipinski definition) is 1. The van der Waals surface area contributed by atoms with Crippen LogP contribution in [0.1, 0.15) is 13.8 Å². The maximum Gasteiger partial charge on any atom is 0.237 e. The Labute approximate surface area is 148 Å². The number of nitrogens with one attached hydrogen (secondary N) is 1. The minimum atomic E-state index is -0.800. The fourth-order valence-electron chi connectivity index (χ4n) is 2.50. The molecule has 0 aliphatic carbocycles. The van der Waals surface area contributed by atoms with Crippen molar-refractivity contribution in [1.82, 2.24) is 9.55 Å². The van der Waals surface area contributed by atoms with Gasteiger partial charge in [0.15, 0.2) is 5.16 Å². The van der Waals surface area contributed by atoms with Crippen molar-refractivity contribution in [2.75, 3.05) is 5.32 Å². The van der Waals surface area contributed by atoms with Crippen LogP contribution in [0, 0.1) is 11.6 Å². The lowest BCUT2D eigenvalue weighted by Gasteiger charge is -2.13. The number of carbonyl (C=O) groups excluding carboxylic acids is 1. The van der Waals surface area contributed by atoms with Crippen LogP contribution >= 0.6 is 11.8 Å². The van der Waals surface area contributed by atoms with Crippen molar-refractivity contribution in [3.8, 4) is 0 Å². The molecule has 0 radical (unpaired) electrons. The highest BCUT2D eigenvalue weighted by molar-refractivity contribution is 8.00.